The van der Waals surface area contributed by atoms with Crippen LogP contribution < -0.4 is 0 Å². The van der Waals surface area contributed by atoms with Gasteiger partial charge in [-0.3, -0.25) is 4.90 Å². The summed E-state index contributed by atoms with van der Waals surface area (Å²) in [6.45, 7) is 6.06. The van der Waals surface area contributed by atoms with Gasteiger partial charge in [0.15, 0.2) is 0 Å². The minimum absolute atomic E-state index is 0.265. The molecule has 0 aliphatic rings. The molecule has 3 heteroatoms. The number of nitrogens with zero attached hydrogens (tertiary/aromatic N) is 1. The highest BCUT2D eigenvalue weighted by atomic mass is 127. The summed E-state index contributed by atoms with van der Waals surface area (Å²) in [7, 11) is 2.00. The molecule has 0 aliphatic heterocycles. The van der Waals surface area contributed by atoms with Crippen LogP contribution in [0, 0.1) is 0 Å². The fraction of sp³-hybridized carbons (Fsp3) is 0.444. The molecule has 12 heavy (non-hydrogen) atoms. The van der Waals surface area contributed by atoms with Crippen molar-refractivity contribution in [2.45, 2.75) is 6.92 Å². The molecule has 0 spiro atoms. The minimum Gasteiger partial charge on any atom is -0.507 e. The van der Waals surface area contributed by atoms with E-state index in [0.29, 0.717) is 0 Å². The van der Waals surface area contributed by atoms with E-state index in [0.717, 1.165) is 16.7 Å². The first-order valence-electron chi connectivity index (χ1n) is 3.60. The van der Waals surface area contributed by atoms with Gasteiger partial charge in [-0.05, 0) is 19.5 Å². The molecule has 0 saturated heterocycles. The van der Waals surface area contributed by atoms with E-state index < -0.39 is 0 Å². The van der Waals surface area contributed by atoms with Crippen molar-refractivity contribution in [3.8, 4) is 0 Å². The maximum atomic E-state index is 9.35. The van der Waals surface area contributed by atoms with Crippen molar-refractivity contribution >= 4 is 22.6 Å². The van der Waals surface area contributed by atoms with Crippen molar-refractivity contribution in [1.82, 2.24) is 4.90 Å². The third kappa shape index (κ3) is 4.59. The molecule has 0 aromatic carbocycles. The van der Waals surface area contributed by atoms with Crippen LogP contribution in [-0.4, -0.2) is 28.2 Å². The van der Waals surface area contributed by atoms with E-state index >= 15 is 0 Å². The molecule has 0 fully saturated rings. The molecular weight excluding hydrogens is 265 g/mol. The summed E-state index contributed by atoms with van der Waals surface area (Å²) in [5.41, 5.74) is 3.47. The lowest BCUT2D eigenvalue weighted by atomic mass is 10.2. The molecule has 0 aromatic heterocycles. The topological polar surface area (TPSA) is 23.5 Å². The predicted octanol–water partition coefficient (Wildman–Crippen LogP) is 2.48. The van der Waals surface area contributed by atoms with Crippen LogP contribution in [0.2, 0.25) is 0 Å². The second-order valence-corrected chi connectivity index (χ2v) is 3.33. The Morgan fingerprint density at radius 1 is 1.75 bits per heavy atom. The Bertz CT molecular complexity index is 217. The summed E-state index contributed by atoms with van der Waals surface area (Å²) < 4.78 is 0.945. The van der Waals surface area contributed by atoms with Crippen molar-refractivity contribution in [2.75, 3.05) is 18.1 Å². The zero-order valence-electron chi connectivity index (χ0n) is 7.47. The molecular formula is C9H14INO. The number of aliphatic hydroxyl groups is 1. The summed E-state index contributed by atoms with van der Waals surface area (Å²) in [5, 5.41) is 9.35. The number of aliphatic hydroxyl groups excluding tert-OH is 1. The van der Waals surface area contributed by atoms with Gasteiger partial charge in [-0.1, -0.05) is 29.2 Å². The second kappa shape index (κ2) is 6.29. The zero-order chi connectivity index (χ0) is 9.56. The Balaban J connectivity index is 4.25. The Kier molecular flexibility index (Phi) is 6.16. The summed E-state index contributed by atoms with van der Waals surface area (Å²) in [6.07, 6.45) is 1.48. The standard InChI is InChI=1S/C9H14INO/c1-4-5-9(12)8(2)6-11(3)7-10/h5,12H,1,6-7H2,2-3H3/b9-8-. The predicted molar refractivity (Wildman–Crippen MR) is 60.6 cm³/mol. The van der Waals surface area contributed by atoms with Gasteiger partial charge >= 0.3 is 0 Å². The third-order valence-electron chi connectivity index (χ3n) is 1.39. The highest BCUT2D eigenvalue weighted by Crippen LogP contribution is 2.04. The van der Waals surface area contributed by atoms with Crippen LogP contribution >= 0.6 is 22.6 Å². The van der Waals surface area contributed by atoms with Gasteiger partial charge in [0.2, 0.25) is 0 Å². The highest BCUT2D eigenvalue weighted by molar-refractivity contribution is 14.1. The number of likely N-dealkylation sites (N-methyl/N-ethyl adjacent to an activating group) is 1. The summed E-state index contributed by atoms with van der Waals surface area (Å²) in [4.78, 5) is 2.10. The van der Waals surface area contributed by atoms with Crippen molar-refractivity contribution < 1.29 is 5.11 Å². The van der Waals surface area contributed by atoms with Gasteiger partial charge in [0, 0.05) is 12.6 Å². The lowest BCUT2D eigenvalue weighted by Gasteiger charge is -2.13. The smallest absolute Gasteiger partial charge is 0.123 e. The molecule has 1 N–H and O–H groups in total. The summed E-state index contributed by atoms with van der Waals surface area (Å²) in [6, 6.07) is 0. The number of hydrogen-bond donors (Lipinski definition) is 1. The van der Waals surface area contributed by atoms with Crippen molar-refractivity contribution in [3.05, 3.63) is 29.7 Å². The van der Waals surface area contributed by atoms with E-state index in [1.54, 1.807) is 0 Å². The number of hydrogen-bond acceptors (Lipinski definition) is 2. The number of alkyl halides is 1. The number of rotatable bonds is 4. The maximum Gasteiger partial charge on any atom is 0.123 e. The molecule has 68 valence electrons. The fourth-order valence-corrected chi connectivity index (χ4v) is 0.989. The maximum absolute atomic E-state index is 9.35. The molecule has 0 aliphatic carbocycles. The van der Waals surface area contributed by atoms with Crippen LogP contribution in [0.15, 0.2) is 29.7 Å². The van der Waals surface area contributed by atoms with Gasteiger partial charge in [0.25, 0.3) is 0 Å². The molecule has 0 saturated carbocycles. The first-order valence-corrected chi connectivity index (χ1v) is 5.13. The Labute approximate surface area is 87.4 Å². The molecule has 0 aromatic rings. The first-order chi connectivity index (χ1) is 5.61. The molecule has 0 rings (SSSR count). The second-order valence-electron chi connectivity index (χ2n) is 2.65. The van der Waals surface area contributed by atoms with E-state index in [1.165, 1.54) is 6.08 Å². The third-order valence-corrected chi connectivity index (χ3v) is 2.55. The number of halogens is 1. The Hall–Kier alpha value is -0.250. The van der Waals surface area contributed by atoms with Crippen LogP contribution in [0.3, 0.4) is 0 Å². The van der Waals surface area contributed by atoms with Gasteiger partial charge < -0.3 is 5.11 Å². The molecule has 0 heterocycles. The van der Waals surface area contributed by atoms with Gasteiger partial charge in [-0.2, -0.15) is 0 Å². The van der Waals surface area contributed by atoms with Gasteiger partial charge in [-0.25, -0.2) is 0 Å². The average Bonchev–Trinajstić information content (AvgIpc) is 2.04. The molecule has 2 nitrogen and oxygen atoms in total. The van der Waals surface area contributed by atoms with E-state index in [1.807, 2.05) is 14.0 Å². The van der Waals surface area contributed by atoms with Gasteiger partial charge in [0.1, 0.15) is 5.76 Å². The Morgan fingerprint density at radius 2 is 2.33 bits per heavy atom. The van der Waals surface area contributed by atoms with Crippen LogP contribution in [-0.2, 0) is 0 Å². The monoisotopic (exact) mass is 279 g/mol. The molecule has 0 bridgehead atoms. The van der Waals surface area contributed by atoms with E-state index in [-0.39, 0.29) is 5.76 Å². The van der Waals surface area contributed by atoms with E-state index in [2.05, 4.69) is 39.8 Å². The largest absolute Gasteiger partial charge is 0.507 e. The molecule has 0 atom stereocenters. The SMILES string of the molecule is C=C=C/C(O)=C(\C)CN(C)CI. The summed E-state index contributed by atoms with van der Waals surface area (Å²) >= 11 is 2.28. The van der Waals surface area contributed by atoms with Crippen molar-refractivity contribution in [1.29, 1.82) is 0 Å². The summed E-state index contributed by atoms with van der Waals surface area (Å²) in [5.74, 6) is 0.265. The average molecular weight is 279 g/mol. The molecule has 0 unspecified atom stereocenters. The Morgan fingerprint density at radius 3 is 2.75 bits per heavy atom. The quantitative estimate of drug-likeness (QED) is 0.213. The van der Waals surface area contributed by atoms with Gasteiger partial charge in [0.05, 0.1) is 4.55 Å². The van der Waals surface area contributed by atoms with E-state index in [4.69, 9.17) is 0 Å². The lowest BCUT2D eigenvalue weighted by Crippen LogP contribution is -2.18. The first kappa shape index (κ1) is 11.8. The zero-order valence-corrected chi connectivity index (χ0v) is 9.63. The van der Waals surface area contributed by atoms with Crippen LogP contribution in [0.5, 0.6) is 0 Å². The number of allylic oxidation sites excluding steroid dienone is 1. The van der Waals surface area contributed by atoms with E-state index in [9.17, 15) is 5.11 Å². The van der Waals surface area contributed by atoms with Crippen LogP contribution in [0.25, 0.3) is 0 Å². The normalized spacial score (nSPS) is 12.3. The minimum atomic E-state index is 0.265. The fourth-order valence-electron chi connectivity index (χ4n) is 0.748. The van der Waals surface area contributed by atoms with Crippen molar-refractivity contribution in [2.24, 2.45) is 0 Å². The van der Waals surface area contributed by atoms with Crippen LogP contribution in [0.1, 0.15) is 6.92 Å². The van der Waals surface area contributed by atoms with Gasteiger partial charge in [-0.15, -0.1) is 5.73 Å². The highest BCUT2D eigenvalue weighted by Gasteiger charge is 2.00. The van der Waals surface area contributed by atoms with Crippen molar-refractivity contribution in [3.63, 3.8) is 0 Å². The van der Waals surface area contributed by atoms with Crippen LogP contribution in [0.4, 0.5) is 0 Å². The molecule has 0 radical (unpaired) electrons. The molecule has 0 amide bonds. The lowest BCUT2D eigenvalue weighted by molar-refractivity contribution is 0.394.